The van der Waals surface area contributed by atoms with Gasteiger partial charge in [-0.05, 0) is 11.6 Å². The van der Waals surface area contributed by atoms with Crippen LogP contribution in [0.3, 0.4) is 0 Å². The van der Waals surface area contributed by atoms with Gasteiger partial charge in [-0.2, -0.15) is 13.2 Å². The molecule has 3 nitrogen and oxygen atoms in total. The van der Waals surface area contributed by atoms with Crippen molar-refractivity contribution < 1.29 is 22.7 Å². The van der Waals surface area contributed by atoms with Gasteiger partial charge in [-0.25, -0.2) is 4.79 Å². The number of esters is 1. The van der Waals surface area contributed by atoms with Gasteiger partial charge in [0.2, 0.25) is 0 Å². The number of anilines is 1. The second-order valence-electron chi connectivity index (χ2n) is 3.16. The minimum absolute atomic E-state index is 0.0198. The normalized spacial score (nSPS) is 11.2. The lowest BCUT2D eigenvalue weighted by Gasteiger charge is -2.12. The molecule has 0 aliphatic heterocycles. The summed E-state index contributed by atoms with van der Waals surface area (Å²) in [5.41, 5.74) is 5.03. The zero-order chi connectivity index (χ0) is 12.3. The number of methoxy groups -OCH3 is 1. The average Bonchev–Trinajstić information content (AvgIpc) is 2.14. The second-order valence-corrected chi connectivity index (χ2v) is 3.16. The van der Waals surface area contributed by atoms with Gasteiger partial charge in [0.05, 0.1) is 19.1 Å². The van der Waals surface area contributed by atoms with Gasteiger partial charge >= 0.3 is 12.1 Å². The molecule has 6 heteroatoms. The lowest BCUT2D eigenvalue weighted by Crippen LogP contribution is -2.17. The molecule has 0 fully saturated rings. The number of carbonyl (C=O) groups excluding carboxylic acids is 1. The van der Waals surface area contributed by atoms with Crippen molar-refractivity contribution in [1.82, 2.24) is 0 Å². The molecule has 1 aromatic carbocycles. The molecule has 0 saturated carbocycles. The Morgan fingerprint density at radius 1 is 1.44 bits per heavy atom. The number of ether oxygens (including phenoxy) is 1. The smallest absolute Gasteiger partial charge is 0.393 e. The van der Waals surface area contributed by atoms with Crippen LogP contribution in [0.1, 0.15) is 15.9 Å². The number of rotatable bonds is 2. The molecule has 1 rings (SSSR count). The van der Waals surface area contributed by atoms with Crippen molar-refractivity contribution in [2.24, 2.45) is 0 Å². The van der Waals surface area contributed by atoms with Crippen LogP contribution in [-0.2, 0) is 11.2 Å². The lowest BCUT2D eigenvalue weighted by molar-refractivity contribution is -0.127. The number of hydrogen-bond acceptors (Lipinski definition) is 3. The number of hydrogen-bond donors (Lipinski definition) is 1. The van der Waals surface area contributed by atoms with E-state index in [0.29, 0.717) is 0 Å². The Bertz CT molecular complexity index is 402. The molecule has 0 spiro atoms. The zero-order valence-corrected chi connectivity index (χ0v) is 8.47. The predicted octanol–water partition coefficient (Wildman–Crippen LogP) is 2.16. The maximum Gasteiger partial charge on any atom is 0.393 e. The number of carbonyl (C=O) groups is 1. The molecule has 0 unspecified atom stereocenters. The summed E-state index contributed by atoms with van der Waals surface area (Å²) in [6.07, 6.45) is -5.60. The maximum absolute atomic E-state index is 12.2. The Hall–Kier alpha value is -1.72. The molecule has 0 aliphatic carbocycles. The van der Waals surface area contributed by atoms with Crippen LogP contribution in [0.2, 0.25) is 0 Å². The van der Waals surface area contributed by atoms with Crippen LogP contribution in [0.15, 0.2) is 18.2 Å². The number of nitrogens with two attached hydrogens (primary N) is 1. The topological polar surface area (TPSA) is 52.3 Å². The van der Waals surface area contributed by atoms with Gasteiger partial charge in [0.15, 0.2) is 0 Å². The molecule has 0 aromatic heterocycles. The first kappa shape index (κ1) is 12.4. The number of benzene rings is 1. The molecule has 0 heterocycles. The molecule has 0 bridgehead atoms. The van der Waals surface area contributed by atoms with Gasteiger partial charge in [0.25, 0.3) is 0 Å². The van der Waals surface area contributed by atoms with E-state index in [9.17, 15) is 18.0 Å². The third-order valence-electron chi connectivity index (χ3n) is 1.96. The quantitative estimate of drug-likeness (QED) is 0.629. The van der Waals surface area contributed by atoms with Crippen molar-refractivity contribution >= 4 is 11.7 Å². The summed E-state index contributed by atoms with van der Waals surface area (Å²) >= 11 is 0. The van der Waals surface area contributed by atoms with Crippen LogP contribution >= 0.6 is 0 Å². The molecule has 0 atom stereocenters. The molecule has 2 N–H and O–H groups in total. The molecule has 1 aromatic rings. The van der Waals surface area contributed by atoms with Crippen molar-refractivity contribution in [3.8, 4) is 0 Å². The largest absolute Gasteiger partial charge is 0.465 e. The van der Waals surface area contributed by atoms with E-state index >= 15 is 0 Å². The predicted molar refractivity (Wildman–Crippen MR) is 52.0 cm³/mol. The van der Waals surface area contributed by atoms with Crippen molar-refractivity contribution in [2.45, 2.75) is 12.6 Å². The van der Waals surface area contributed by atoms with E-state index < -0.39 is 18.6 Å². The highest BCUT2D eigenvalue weighted by Gasteiger charge is 2.30. The first-order valence-corrected chi connectivity index (χ1v) is 4.37. The van der Waals surface area contributed by atoms with Gasteiger partial charge in [-0.3, -0.25) is 0 Å². The molecular weight excluding hydrogens is 223 g/mol. The van der Waals surface area contributed by atoms with E-state index in [0.717, 1.165) is 7.11 Å². The fourth-order valence-corrected chi connectivity index (χ4v) is 1.33. The first-order chi connectivity index (χ1) is 7.35. The summed E-state index contributed by atoms with van der Waals surface area (Å²) in [4.78, 5) is 11.3. The monoisotopic (exact) mass is 233 g/mol. The van der Waals surface area contributed by atoms with E-state index in [4.69, 9.17) is 5.73 Å². The van der Waals surface area contributed by atoms with Gasteiger partial charge in [-0.15, -0.1) is 0 Å². The summed E-state index contributed by atoms with van der Waals surface area (Å²) in [7, 11) is 1.09. The van der Waals surface area contributed by atoms with E-state index in [1.165, 1.54) is 18.2 Å². The Kier molecular flexibility index (Phi) is 3.41. The van der Waals surface area contributed by atoms with E-state index in [2.05, 4.69) is 4.74 Å². The van der Waals surface area contributed by atoms with Gasteiger partial charge < -0.3 is 10.5 Å². The van der Waals surface area contributed by atoms with Crippen LogP contribution in [-0.4, -0.2) is 19.3 Å². The number of halogens is 3. The van der Waals surface area contributed by atoms with E-state index in [-0.39, 0.29) is 16.8 Å². The van der Waals surface area contributed by atoms with Gasteiger partial charge in [0.1, 0.15) is 0 Å². The average molecular weight is 233 g/mol. The zero-order valence-electron chi connectivity index (χ0n) is 8.47. The van der Waals surface area contributed by atoms with Crippen LogP contribution in [0.4, 0.5) is 18.9 Å². The summed E-state index contributed by atoms with van der Waals surface area (Å²) in [6.45, 7) is 0. The summed E-state index contributed by atoms with van der Waals surface area (Å²) in [5, 5.41) is 0. The highest BCUT2D eigenvalue weighted by atomic mass is 19.4. The van der Waals surface area contributed by atoms with Crippen molar-refractivity contribution in [1.29, 1.82) is 0 Å². The molecule has 0 amide bonds. The SMILES string of the molecule is COC(=O)c1c(N)cccc1CC(F)(F)F. The highest BCUT2D eigenvalue weighted by molar-refractivity contribution is 5.96. The van der Waals surface area contributed by atoms with Crippen LogP contribution in [0, 0.1) is 0 Å². The van der Waals surface area contributed by atoms with Gasteiger partial charge in [0, 0.05) is 5.69 Å². The molecule has 0 aliphatic rings. The maximum atomic E-state index is 12.2. The Morgan fingerprint density at radius 3 is 2.56 bits per heavy atom. The lowest BCUT2D eigenvalue weighted by atomic mass is 10.0. The van der Waals surface area contributed by atoms with E-state index in [1.807, 2.05) is 0 Å². The molecular formula is C10H10F3NO2. The fraction of sp³-hybridized carbons (Fsp3) is 0.300. The standard InChI is InChI=1S/C10H10F3NO2/c1-16-9(15)8-6(5-10(11,12)13)3-2-4-7(8)14/h2-4H,5,14H2,1H3. The van der Waals surface area contributed by atoms with Crippen molar-refractivity contribution in [3.05, 3.63) is 29.3 Å². The molecule has 0 saturated heterocycles. The first-order valence-electron chi connectivity index (χ1n) is 4.37. The van der Waals surface area contributed by atoms with Gasteiger partial charge in [-0.1, -0.05) is 12.1 Å². The molecule has 0 radical (unpaired) electrons. The molecule has 16 heavy (non-hydrogen) atoms. The number of alkyl halides is 3. The highest BCUT2D eigenvalue weighted by Crippen LogP contribution is 2.26. The number of nitrogen functional groups attached to an aromatic ring is 1. The third kappa shape index (κ3) is 2.88. The summed E-state index contributed by atoms with van der Waals surface area (Å²) in [6, 6.07) is 3.92. The van der Waals surface area contributed by atoms with Crippen LogP contribution < -0.4 is 5.73 Å². The Balaban J connectivity index is 3.18. The van der Waals surface area contributed by atoms with Crippen LogP contribution in [0.25, 0.3) is 0 Å². The van der Waals surface area contributed by atoms with Crippen LogP contribution in [0.5, 0.6) is 0 Å². The fourth-order valence-electron chi connectivity index (χ4n) is 1.33. The Morgan fingerprint density at radius 2 is 2.06 bits per heavy atom. The summed E-state index contributed by atoms with van der Waals surface area (Å²) < 4.78 is 41.1. The Labute approximate surface area is 90.0 Å². The minimum atomic E-state index is -4.39. The van der Waals surface area contributed by atoms with Crippen molar-refractivity contribution in [3.63, 3.8) is 0 Å². The minimum Gasteiger partial charge on any atom is -0.465 e. The molecule has 88 valence electrons. The summed E-state index contributed by atoms with van der Waals surface area (Å²) in [5.74, 6) is -0.864. The third-order valence-corrected chi connectivity index (χ3v) is 1.96. The second kappa shape index (κ2) is 4.42. The van der Waals surface area contributed by atoms with Crippen molar-refractivity contribution in [2.75, 3.05) is 12.8 Å². The van der Waals surface area contributed by atoms with E-state index in [1.54, 1.807) is 0 Å².